The number of methoxy groups -OCH3 is 1. The van der Waals surface area contributed by atoms with Gasteiger partial charge >= 0.3 is 6.16 Å². The van der Waals surface area contributed by atoms with Crippen molar-refractivity contribution in [3.05, 3.63) is 63.7 Å². The maximum Gasteiger partial charge on any atom is 0.513 e. The van der Waals surface area contributed by atoms with Crippen LogP contribution in [0.1, 0.15) is 38.2 Å². The maximum atomic E-state index is 12.8. The molecule has 0 atom stereocenters. The maximum absolute atomic E-state index is 12.8. The van der Waals surface area contributed by atoms with E-state index in [-0.39, 0.29) is 17.1 Å². The van der Waals surface area contributed by atoms with Crippen molar-refractivity contribution in [3.63, 3.8) is 0 Å². The molecule has 0 fully saturated rings. The van der Waals surface area contributed by atoms with Crippen LogP contribution < -0.4 is 0 Å². The lowest BCUT2D eigenvalue weighted by molar-refractivity contribution is 0.103. The third-order valence-corrected chi connectivity index (χ3v) is 4.03. The SMILES string of the molecule is COC(=O)OC1=Cc2cc(C(=O)c3c(C)cccc3C)c(O)cc21. The van der Waals surface area contributed by atoms with Crippen molar-refractivity contribution < 1.29 is 24.2 Å². The summed E-state index contributed by atoms with van der Waals surface area (Å²) < 4.78 is 9.37. The van der Waals surface area contributed by atoms with Crippen molar-refractivity contribution in [2.24, 2.45) is 0 Å². The third-order valence-electron chi connectivity index (χ3n) is 4.03. The Hall–Kier alpha value is -3.08. The summed E-state index contributed by atoms with van der Waals surface area (Å²) in [5, 5.41) is 10.3. The quantitative estimate of drug-likeness (QED) is 0.686. The molecule has 5 nitrogen and oxygen atoms in total. The van der Waals surface area contributed by atoms with Crippen LogP contribution in [-0.2, 0) is 9.47 Å². The van der Waals surface area contributed by atoms with E-state index in [4.69, 9.17) is 4.74 Å². The molecule has 0 spiro atoms. The molecule has 0 bridgehead atoms. The second-order valence-corrected chi connectivity index (χ2v) is 5.62. The molecule has 2 aromatic rings. The van der Waals surface area contributed by atoms with Gasteiger partial charge in [0.25, 0.3) is 0 Å². The molecule has 1 aliphatic carbocycles. The van der Waals surface area contributed by atoms with E-state index in [0.29, 0.717) is 16.9 Å². The van der Waals surface area contributed by atoms with Crippen LogP contribution in [0.4, 0.5) is 4.79 Å². The van der Waals surface area contributed by atoms with Crippen molar-refractivity contribution in [1.29, 1.82) is 0 Å². The Balaban J connectivity index is 1.96. The summed E-state index contributed by atoms with van der Waals surface area (Å²) in [6.07, 6.45) is 0.787. The molecule has 1 N–H and O–H groups in total. The van der Waals surface area contributed by atoms with Gasteiger partial charge in [0.05, 0.1) is 12.7 Å². The number of rotatable bonds is 3. The monoisotopic (exact) mass is 324 g/mol. The molecule has 0 amide bonds. The van der Waals surface area contributed by atoms with E-state index in [0.717, 1.165) is 16.7 Å². The lowest BCUT2D eigenvalue weighted by Gasteiger charge is -2.20. The van der Waals surface area contributed by atoms with E-state index >= 15 is 0 Å². The zero-order valence-corrected chi connectivity index (χ0v) is 13.5. The van der Waals surface area contributed by atoms with Crippen molar-refractivity contribution >= 4 is 23.8 Å². The number of hydrogen-bond donors (Lipinski definition) is 1. The molecule has 0 heterocycles. The largest absolute Gasteiger partial charge is 0.513 e. The second-order valence-electron chi connectivity index (χ2n) is 5.62. The number of ether oxygens (including phenoxy) is 2. The van der Waals surface area contributed by atoms with Gasteiger partial charge in [0.15, 0.2) is 5.78 Å². The molecular weight excluding hydrogens is 308 g/mol. The number of carbonyl (C=O) groups excluding carboxylic acids is 2. The summed E-state index contributed by atoms with van der Waals surface area (Å²) in [5.74, 6) is -0.0830. The summed E-state index contributed by atoms with van der Waals surface area (Å²) in [7, 11) is 1.21. The van der Waals surface area contributed by atoms with Crippen LogP contribution in [0.15, 0.2) is 30.3 Å². The number of benzene rings is 2. The molecule has 3 rings (SSSR count). The number of carbonyl (C=O) groups is 2. The van der Waals surface area contributed by atoms with Gasteiger partial charge < -0.3 is 14.6 Å². The molecule has 1 aliphatic rings. The van der Waals surface area contributed by atoms with Crippen LogP contribution in [0.3, 0.4) is 0 Å². The molecule has 0 radical (unpaired) electrons. The fourth-order valence-electron chi connectivity index (χ4n) is 2.78. The molecular formula is C19H16O5. The Morgan fingerprint density at radius 3 is 2.38 bits per heavy atom. The zero-order valence-electron chi connectivity index (χ0n) is 13.5. The molecule has 0 unspecified atom stereocenters. The zero-order chi connectivity index (χ0) is 17.4. The van der Waals surface area contributed by atoms with E-state index in [1.165, 1.54) is 13.2 Å². The highest BCUT2D eigenvalue weighted by Crippen LogP contribution is 2.38. The number of fused-ring (bicyclic) bond motifs is 1. The first-order chi connectivity index (χ1) is 11.4. The van der Waals surface area contributed by atoms with Crippen molar-refractivity contribution in [3.8, 4) is 5.75 Å². The summed E-state index contributed by atoms with van der Waals surface area (Å²) in [5.41, 5.74) is 3.80. The normalized spacial score (nSPS) is 11.9. The minimum atomic E-state index is -0.831. The highest BCUT2D eigenvalue weighted by Gasteiger charge is 2.26. The Kier molecular flexibility index (Phi) is 3.85. The number of hydrogen-bond acceptors (Lipinski definition) is 5. The standard InChI is InChI=1S/C19H16O5/c1-10-5-4-6-11(2)17(10)18(21)14-7-12-8-16(24-19(22)23-3)13(12)9-15(14)20/h4-9,20H,1-3H3. The fraction of sp³-hybridized carbons (Fsp3) is 0.158. The molecule has 0 saturated carbocycles. The van der Waals surface area contributed by atoms with Crippen molar-refractivity contribution in [1.82, 2.24) is 0 Å². The topological polar surface area (TPSA) is 72.8 Å². The van der Waals surface area contributed by atoms with E-state index < -0.39 is 6.16 Å². The first-order valence-electron chi connectivity index (χ1n) is 7.38. The van der Waals surface area contributed by atoms with Gasteiger partial charge in [0, 0.05) is 11.1 Å². The van der Waals surface area contributed by atoms with Crippen LogP contribution in [0.25, 0.3) is 11.8 Å². The van der Waals surface area contributed by atoms with Crippen LogP contribution >= 0.6 is 0 Å². The van der Waals surface area contributed by atoms with E-state index in [2.05, 4.69) is 4.74 Å². The average Bonchev–Trinajstić information content (AvgIpc) is 2.53. The second kappa shape index (κ2) is 5.85. The Morgan fingerprint density at radius 1 is 1.08 bits per heavy atom. The van der Waals surface area contributed by atoms with Crippen molar-refractivity contribution in [2.45, 2.75) is 13.8 Å². The highest BCUT2D eigenvalue weighted by atomic mass is 16.7. The van der Waals surface area contributed by atoms with Gasteiger partial charge in [-0.05, 0) is 48.7 Å². The lowest BCUT2D eigenvalue weighted by atomic mass is 9.88. The van der Waals surface area contributed by atoms with Crippen LogP contribution in [-0.4, -0.2) is 24.2 Å². The summed E-state index contributed by atoms with van der Waals surface area (Å²) in [6, 6.07) is 8.64. The van der Waals surface area contributed by atoms with Crippen LogP contribution in [0, 0.1) is 13.8 Å². The predicted molar refractivity (Wildman–Crippen MR) is 88.8 cm³/mol. The van der Waals surface area contributed by atoms with Gasteiger partial charge in [0.2, 0.25) is 0 Å². The van der Waals surface area contributed by atoms with Crippen LogP contribution in [0.5, 0.6) is 5.75 Å². The smallest absolute Gasteiger partial charge is 0.507 e. The molecule has 0 aliphatic heterocycles. The Morgan fingerprint density at radius 2 is 1.75 bits per heavy atom. The van der Waals surface area contributed by atoms with E-state index in [1.807, 2.05) is 32.0 Å². The molecule has 2 aromatic carbocycles. The minimum Gasteiger partial charge on any atom is -0.507 e. The third kappa shape index (κ3) is 2.54. The number of ketones is 1. The van der Waals surface area contributed by atoms with Gasteiger partial charge in [-0.2, -0.15) is 0 Å². The summed E-state index contributed by atoms with van der Waals surface area (Å²) >= 11 is 0. The molecule has 24 heavy (non-hydrogen) atoms. The lowest BCUT2D eigenvalue weighted by Crippen LogP contribution is -2.12. The van der Waals surface area contributed by atoms with Gasteiger partial charge in [-0.25, -0.2) is 4.79 Å². The number of aromatic hydroxyl groups is 1. The Bertz CT molecular complexity index is 873. The van der Waals surface area contributed by atoms with Gasteiger partial charge in [-0.3, -0.25) is 4.79 Å². The predicted octanol–water partition coefficient (Wildman–Crippen LogP) is 3.83. The first kappa shape index (κ1) is 15.8. The van der Waals surface area contributed by atoms with E-state index in [9.17, 15) is 14.7 Å². The molecule has 122 valence electrons. The minimum absolute atomic E-state index is 0.152. The van der Waals surface area contributed by atoms with Crippen LogP contribution in [0.2, 0.25) is 0 Å². The Labute approximate surface area is 139 Å². The van der Waals surface area contributed by atoms with E-state index in [1.54, 1.807) is 12.1 Å². The number of phenolic OH excluding ortho intramolecular Hbond substituents is 1. The van der Waals surface area contributed by atoms with Gasteiger partial charge in [-0.15, -0.1) is 0 Å². The molecule has 5 heteroatoms. The van der Waals surface area contributed by atoms with Gasteiger partial charge in [-0.1, -0.05) is 18.2 Å². The summed E-state index contributed by atoms with van der Waals surface area (Å²) in [4.78, 5) is 24.0. The number of aryl methyl sites for hydroxylation is 2. The molecule has 0 aromatic heterocycles. The average molecular weight is 324 g/mol. The van der Waals surface area contributed by atoms with Crippen molar-refractivity contribution in [2.75, 3.05) is 7.11 Å². The summed E-state index contributed by atoms with van der Waals surface area (Å²) in [6.45, 7) is 3.72. The fourth-order valence-corrected chi connectivity index (χ4v) is 2.78. The highest BCUT2D eigenvalue weighted by molar-refractivity contribution is 6.13. The number of phenols is 1. The van der Waals surface area contributed by atoms with Gasteiger partial charge in [0.1, 0.15) is 11.5 Å². The molecule has 0 saturated heterocycles. The first-order valence-corrected chi connectivity index (χ1v) is 7.38.